The summed E-state index contributed by atoms with van der Waals surface area (Å²) < 4.78 is 27.2. The van der Waals surface area contributed by atoms with Crippen molar-refractivity contribution >= 4 is 11.6 Å². The normalized spacial score (nSPS) is 15.2. The van der Waals surface area contributed by atoms with E-state index in [0.29, 0.717) is 0 Å². The van der Waals surface area contributed by atoms with Crippen LogP contribution in [0.4, 0.5) is 8.78 Å². The van der Waals surface area contributed by atoms with Crippen LogP contribution in [0.5, 0.6) is 0 Å². The summed E-state index contributed by atoms with van der Waals surface area (Å²) in [6.45, 7) is 3.99. The van der Waals surface area contributed by atoms with Crippen molar-refractivity contribution in [1.82, 2.24) is 0 Å². The lowest BCUT2D eigenvalue weighted by atomic mass is 9.87. The second-order valence-corrected chi connectivity index (χ2v) is 4.62. The Kier molecular flexibility index (Phi) is 4.69. The monoisotopic (exact) mass is 247 g/mol. The van der Waals surface area contributed by atoms with Gasteiger partial charge in [-0.3, -0.25) is 0 Å². The molecule has 0 fully saturated rings. The quantitative estimate of drug-likeness (QED) is 0.862. The average molecular weight is 248 g/mol. The van der Waals surface area contributed by atoms with Gasteiger partial charge in [-0.1, -0.05) is 25.4 Å². The molecule has 0 aliphatic rings. The maximum Gasteiger partial charge on any atom is 0.131 e. The number of rotatable bonds is 4. The zero-order valence-electron chi connectivity index (χ0n) is 9.38. The SMILES string of the molecule is CC(C)C(CN)C(F)c1cc(F)ccc1Cl. The minimum atomic E-state index is -1.33. The molecular formula is C12H16ClF2N. The lowest BCUT2D eigenvalue weighted by Gasteiger charge is -2.24. The Labute approximate surface area is 99.6 Å². The van der Waals surface area contributed by atoms with Gasteiger partial charge in [-0.05, 0) is 30.7 Å². The van der Waals surface area contributed by atoms with Crippen LogP contribution in [-0.4, -0.2) is 6.54 Å². The van der Waals surface area contributed by atoms with Gasteiger partial charge in [0.25, 0.3) is 0 Å². The molecule has 1 nitrogen and oxygen atoms in total. The van der Waals surface area contributed by atoms with Gasteiger partial charge in [-0.25, -0.2) is 8.78 Å². The maximum absolute atomic E-state index is 14.2. The summed E-state index contributed by atoms with van der Waals surface area (Å²) in [7, 11) is 0. The number of alkyl halides is 1. The van der Waals surface area contributed by atoms with Gasteiger partial charge in [0.2, 0.25) is 0 Å². The van der Waals surface area contributed by atoms with E-state index in [4.69, 9.17) is 17.3 Å². The summed E-state index contributed by atoms with van der Waals surface area (Å²) in [6.07, 6.45) is -1.33. The van der Waals surface area contributed by atoms with E-state index in [1.54, 1.807) is 0 Å². The molecule has 0 aromatic heterocycles. The molecule has 0 aliphatic heterocycles. The summed E-state index contributed by atoms with van der Waals surface area (Å²) in [6, 6.07) is 3.72. The molecule has 0 bridgehead atoms. The minimum absolute atomic E-state index is 0.0827. The van der Waals surface area contributed by atoms with E-state index < -0.39 is 12.0 Å². The van der Waals surface area contributed by atoms with E-state index in [9.17, 15) is 8.78 Å². The average Bonchev–Trinajstić information content (AvgIpc) is 2.22. The largest absolute Gasteiger partial charge is 0.330 e. The first kappa shape index (κ1) is 13.4. The number of halogens is 3. The molecule has 2 N–H and O–H groups in total. The van der Waals surface area contributed by atoms with Crippen LogP contribution in [0.15, 0.2) is 18.2 Å². The summed E-state index contributed by atoms with van der Waals surface area (Å²) in [5.74, 6) is -0.750. The van der Waals surface area contributed by atoms with Gasteiger partial charge >= 0.3 is 0 Å². The fourth-order valence-corrected chi connectivity index (χ4v) is 1.91. The Morgan fingerprint density at radius 3 is 2.50 bits per heavy atom. The first-order valence-electron chi connectivity index (χ1n) is 5.26. The van der Waals surface area contributed by atoms with Crippen LogP contribution in [0.1, 0.15) is 25.6 Å². The molecule has 1 aromatic carbocycles. The van der Waals surface area contributed by atoms with Gasteiger partial charge in [0.1, 0.15) is 12.0 Å². The van der Waals surface area contributed by atoms with Gasteiger partial charge < -0.3 is 5.73 Å². The molecule has 0 aliphatic carbocycles. The van der Waals surface area contributed by atoms with Gasteiger partial charge in [0.05, 0.1) is 0 Å². The van der Waals surface area contributed by atoms with Crippen LogP contribution < -0.4 is 5.73 Å². The van der Waals surface area contributed by atoms with E-state index in [1.807, 2.05) is 13.8 Å². The van der Waals surface area contributed by atoms with Gasteiger partial charge in [-0.2, -0.15) is 0 Å². The molecule has 0 saturated carbocycles. The van der Waals surface area contributed by atoms with Crippen molar-refractivity contribution in [3.05, 3.63) is 34.6 Å². The molecule has 0 radical (unpaired) electrons. The Hall–Kier alpha value is -0.670. The standard InChI is InChI=1S/C12H16ClF2N/c1-7(2)10(6-16)12(15)9-5-8(14)3-4-11(9)13/h3-5,7,10,12H,6,16H2,1-2H3. The molecule has 2 atom stereocenters. The number of benzene rings is 1. The van der Waals surface area contributed by atoms with Crippen LogP contribution in [0.25, 0.3) is 0 Å². The minimum Gasteiger partial charge on any atom is -0.330 e. The zero-order chi connectivity index (χ0) is 12.3. The molecule has 1 rings (SSSR count). The zero-order valence-corrected chi connectivity index (χ0v) is 10.1. The van der Waals surface area contributed by atoms with Gasteiger partial charge in [0.15, 0.2) is 0 Å². The number of hydrogen-bond acceptors (Lipinski definition) is 1. The highest BCUT2D eigenvalue weighted by molar-refractivity contribution is 6.31. The number of hydrogen-bond donors (Lipinski definition) is 1. The third kappa shape index (κ3) is 2.92. The molecule has 2 unspecified atom stereocenters. The predicted octanol–water partition coefficient (Wildman–Crippen LogP) is 3.72. The first-order valence-corrected chi connectivity index (χ1v) is 5.64. The first-order chi connectivity index (χ1) is 7.47. The summed E-state index contributed by atoms with van der Waals surface area (Å²) in [5.41, 5.74) is 5.71. The van der Waals surface area contributed by atoms with Crippen molar-refractivity contribution in [2.75, 3.05) is 6.54 Å². The van der Waals surface area contributed by atoms with Crippen LogP contribution in [0.2, 0.25) is 5.02 Å². The van der Waals surface area contributed by atoms with Crippen LogP contribution in [-0.2, 0) is 0 Å². The van der Waals surface area contributed by atoms with Crippen LogP contribution in [0.3, 0.4) is 0 Å². The lowest BCUT2D eigenvalue weighted by molar-refractivity contribution is 0.188. The van der Waals surface area contributed by atoms with E-state index in [1.165, 1.54) is 12.1 Å². The molecule has 4 heteroatoms. The summed E-state index contributed by atoms with van der Waals surface area (Å²) in [5, 5.41) is 0.244. The van der Waals surface area contributed by atoms with Crippen molar-refractivity contribution in [3.63, 3.8) is 0 Å². The second-order valence-electron chi connectivity index (χ2n) is 4.21. The molecule has 0 amide bonds. The fourth-order valence-electron chi connectivity index (χ4n) is 1.69. The van der Waals surface area contributed by atoms with Crippen LogP contribution in [0, 0.1) is 17.7 Å². The molecule has 0 saturated heterocycles. The topological polar surface area (TPSA) is 26.0 Å². The van der Waals surface area contributed by atoms with Gasteiger partial charge in [0, 0.05) is 16.5 Å². The van der Waals surface area contributed by atoms with Crippen molar-refractivity contribution in [2.45, 2.75) is 20.0 Å². The van der Waals surface area contributed by atoms with E-state index in [2.05, 4.69) is 0 Å². The van der Waals surface area contributed by atoms with E-state index in [-0.39, 0.29) is 29.0 Å². The van der Waals surface area contributed by atoms with E-state index in [0.717, 1.165) is 6.07 Å². The lowest BCUT2D eigenvalue weighted by Crippen LogP contribution is -2.24. The highest BCUT2D eigenvalue weighted by atomic mass is 35.5. The predicted molar refractivity (Wildman–Crippen MR) is 62.6 cm³/mol. The molecule has 90 valence electrons. The molecule has 0 heterocycles. The molecule has 16 heavy (non-hydrogen) atoms. The van der Waals surface area contributed by atoms with Crippen molar-refractivity contribution < 1.29 is 8.78 Å². The number of nitrogens with two attached hydrogens (primary N) is 1. The summed E-state index contributed by atoms with van der Waals surface area (Å²) in [4.78, 5) is 0. The Bertz CT molecular complexity index is 355. The highest BCUT2D eigenvalue weighted by Crippen LogP contribution is 2.35. The molecular weight excluding hydrogens is 232 g/mol. The third-order valence-electron chi connectivity index (χ3n) is 2.76. The maximum atomic E-state index is 14.2. The Balaban J connectivity index is 3.02. The molecule has 0 spiro atoms. The van der Waals surface area contributed by atoms with Crippen molar-refractivity contribution in [1.29, 1.82) is 0 Å². The van der Waals surface area contributed by atoms with E-state index >= 15 is 0 Å². The van der Waals surface area contributed by atoms with Crippen molar-refractivity contribution in [3.8, 4) is 0 Å². The third-order valence-corrected chi connectivity index (χ3v) is 3.10. The smallest absolute Gasteiger partial charge is 0.131 e. The Morgan fingerprint density at radius 1 is 1.38 bits per heavy atom. The fraction of sp³-hybridized carbons (Fsp3) is 0.500. The second kappa shape index (κ2) is 5.60. The Morgan fingerprint density at radius 2 is 2.00 bits per heavy atom. The van der Waals surface area contributed by atoms with Gasteiger partial charge in [-0.15, -0.1) is 0 Å². The van der Waals surface area contributed by atoms with Crippen molar-refractivity contribution in [2.24, 2.45) is 17.6 Å². The summed E-state index contributed by atoms with van der Waals surface area (Å²) >= 11 is 5.85. The molecule has 1 aromatic rings. The van der Waals surface area contributed by atoms with Crippen LogP contribution >= 0.6 is 11.6 Å². The highest BCUT2D eigenvalue weighted by Gasteiger charge is 2.26.